The average molecular weight is 311 g/mol. The van der Waals surface area contributed by atoms with Gasteiger partial charge in [-0.15, -0.1) is 0 Å². The number of benzene rings is 1. The van der Waals surface area contributed by atoms with Crippen molar-refractivity contribution in [1.82, 2.24) is 5.32 Å². The molecule has 3 heteroatoms. The Morgan fingerprint density at radius 3 is 2.94 bits per heavy atom. The van der Waals surface area contributed by atoms with Crippen LogP contribution in [0.4, 0.5) is 5.69 Å². The first-order chi connectivity index (χ1) is 8.61. The summed E-state index contributed by atoms with van der Waals surface area (Å²) in [5, 5.41) is 3.65. The van der Waals surface area contributed by atoms with Gasteiger partial charge in [0.05, 0.1) is 0 Å². The van der Waals surface area contributed by atoms with Gasteiger partial charge >= 0.3 is 0 Å². The van der Waals surface area contributed by atoms with Gasteiger partial charge in [-0.2, -0.15) is 0 Å². The molecule has 1 saturated heterocycles. The van der Waals surface area contributed by atoms with Crippen molar-refractivity contribution in [3.8, 4) is 0 Å². The summed E-state index contributed by atoms with van der Waals surface area (Å²) in [5.74, 6) is 0.739. The molecule has 1 N–H and O–H groups in total. The molecule has 1 aromatic rings. The number of nitrogens with zero attached hydrogens (tertiary/aromatic N) is 1. The predicted octanol–water partition coefficient (Wildman–Crippen LogP) is 3.58. The molecule has 2 rings (SSSR count). The Morgan fingerprint density at radius 2 is 2.28 bits per heavy atom. The highest BCUT2D eigenvalue weighted by Gasteiger charge is 2.23. The van der Waals surface area contributed by atoms with Gasteiger partial charge in [0.25, 0.3) is 0 Å². The van der Waals surface area contributed by atoms with E-state index in [2.05, 4.69) is 65.1 Å². The Balaban J connectivity index is 2.13. The number of anilines is 1. The van der Waals surface area contributed by atoms with Crippen LogP contribution < -0.4 is 10.2 Å². The lowest BCUT2D eigenvalue weighted by molar-refractivity contribution is 0.341. The third kappa shape index (κ3) is 3.07. The maximum absolute atomic E-state index is 3.65. The van der Waals surface area contributed by atoms with Crippen LogP contribution in [0.15, 0.2) is 22.7 Å². The lowest BCUT2D eigenvalue weighted by atomic mass is 9.96. The van der Waals surface area contributed by atoms with Crippen molar-refractivity contribution in [3.63, 3.8) is 0 Å². The van der Waals surface area contributed by atoms with Gasteiger partial charge in [-0.3, -0.25) is 0 Å². The van der Waals surface area contributed by atoms with Crippen LogP contribution in [-0.2, 0) is 0 Å². The Hall–Kier alpha value is -0.540. The Labute approximate surface area is 119 Å². The first-order valence-electron chi connectivity index (χ1n) is 6.86. The fourth-order valence-electron chi connectivity index (χ4n) is 2.64. The van der Waals surface area contributed by atoms with Crippen LogP contribution in [0.1, 0.15) is 25.8 Å². The van der Waals surface area contributed by atoms with Crippen molar-refractivity contribution >= 4 is 21.6 Å². The van der Waals surface area contributed by atoms with Crippen molar-refractivity contribution in [2.45, 2.75) is 33.2 Å². The minimum absolute atomic E-state index is 0.617. The van der Waals surface area contributed by atoms with Gasteiger partial charge in [0.1, 0.15) is 0 Å². The van der Waals surface area contributed by atoms with Crippen LogP contribution in [0.25, 0.3) is 0 Å². The summed E-state index contributed by atoms with van der Waals surface area (Å²) in [4.78, 5) is 2.52. The molecule has 0 aromatic heterocycles. The Morgan fingerprint density at radius 1 is 1.50 bits per heavy atom. The molecule has 1 aliphatic heterocycles. The van der Waals surface area contributed by atoms with Crippen LogP contribution in [0, 0.1) is 12.8 Å². The molecule has 0 saturated carbocycles. The van der Waals surface area contributed by atoms with E-state index in [0.29, 0.717) is 6.04 Å². The summed E-state index contributed by atoms with van der Waals surface area (Å²) < 4.78 is 1.16. The molecule has 1 fully saturated rings. The summed E-state index contributed by atoms with van der Waals surface area (Å²) in [7, 11) is 0. The number of hydrogen-bond acceptors (Lipinski definition) is 2. The molecule has 0 aliphatic carbocycles. The van der Waals surface area contributed by atoms with Gasteiger partial charge in [0.15, 0.2) is 0 Å². The second-order valence-electron chi connectivity index (χ2n) is 5.32. The van der Waals surface area contributed by atoms with Crippen LogP contribution >= 0.6 is 15.9 Å². The molecule has 0 spiro atoms. The number of aryl methyl sites for hydroxylation is 1. The highest BCUT2D eigenvalue weighted by molar-refractivity contribution is 9.10. The zero-order valence-electron chi connectivity index (χ0n) is 11.5. The van der Waals surface area contributed by atoms with E-state index in [1.807, 2.05) is 0 Å². The number of nitrogens with one attached hydrogen (secondary N) is 1. The van der Waals surface area contributed by atoms with Gasteiger partial charge in [-0.1, -0.05) is 36.2 Å². The zero-order valence-corrected chi connectivity index (χ0v) is 13.1. The SMILES string of the molecule is CCC(C)C1CN(c2ccc(Br)cc2C)CCN1. The molecule has 2 atom stereocenters. The normalized spacial score (nSPS) is 22.0. The third-order valence-corrected chi connectivity index (χ3v) is 4.53. The van der Waals surface area contributed by atoms with Crippen molar-refractivity contribution in [2.75, 3.05) is 24.5 Å². The summed E-state index contributed by atoms with van der Waals surface area (Å²) in [5.41, 5.74) is 2.74. The fourth-order valence-corrected chi connectivity index (χ4v) is 3.11. The van der Waals surface area contributed by atoms with E-state index in [0.717, 1.165) is 30.0 Å². The highest BCUT2D eigenvalue weighted by Crippen LogP contribution is 2.25. The summed E-state index contributed by atoms with van der Waals surface area (Å²) in [6.07, 6.45) is 1.24. The summed E-state index contributed by atoms with van der Waals surface area (Å²) in [6, 6.07) is 7.20. The number of halogens is 1. The highest BCUT2D eigenvalue weighted by atomic mass is 79.9. The minimum Gasteiger partial charge on any atom is -0.368 e. The number of rotatable bonds is 3. The summed E-state index contributed by atoms with van der Waals surface area (Å²) >= 11 is 3.54. The van der Waals surface area contributed by atoms with Crippen molar-refractivity contribution in [1.29, 1.82) is 0 Å². The van der Waals surface area contributed by atoms with E-state index in [9.17, 15) is 0 Å². The van der Waals surface area contributed by atoms with E-state index in [-0.39, 0.29) is 0 Å². The van der Waals surface area contributed by atoms with Crippen LogP contribution in [0.3, 0.4) is 0 Å². The number of piperazine rings is 1. The molecule has 0 bridgehead atoms. The molecule has 1 aliphatic rings. The quantitative estimate of drug-likeness (QED) is 0.918. The maximum Gasteiger partial charge on any atom is 0.0397 e. The van der Waals surface area contributed by atoms with Crippen molar-refractivity contribution in [3.05, 3.63) is 28.2 Å². The van der Waals surface area contributed by atoms with Crippen molar-refractivity contribution < 1.29 is 0 Å². The maximum atomic E-state index is 3.65. The fraction of sp³-hybridized carbons (Fsp3) is 0.600. The topological polar surface area (TPSA) is 15.3 Å². The van der Waals surface area contributed by atoms with E-state index < -0.39 is 0 Å². The second-order valence-corrected chi connectivity index (χ2v) is 6.24. The van der Waals surface area contributed by atoms with Gasteiger partial charge in [-0.05, 0) is 36.6 Å². The zero-order chi connectivity index (χ0) is 13.1. The Bertz CT molecular complexity index is 405. The van der Waals surface area contributed by atoms with E-state index in [1.54, 1.807) is 0 Å². The lowest BCUT2D eigenvalue weighted by Gasteiger charge is -2.38. The second kappa shape index (κ2) is 6.07. The molecular weight excluding hydrogens is 288 g/mol. The summed E-state index contributed by atoms with van der Waals surface area (Å²) in [6.45, 7) is 10.1. The molecule has 100 valence electrons. The standard InChI is InChI=1S/C15H23BrN2/c1-4-11(2)14-10-18(8-7-17-14)15-6-5-13(16)9-12(15)3/h5-6,9,11,14,17H,4,7-8,10H2,1-3H3. The molecule has 2 nitrogen and oxygen atoms in total. The van der Waals surface area contributed by atoms with E-state index >= 15 is 0 Å². The molecular formula is C15H23BrN2. The van der Waals surface area contributed by atoms with Gasteiger partial charge in [0.2, 0.25) is 0 Å². The number of hydrogen-bond donors (Lipinski definition) is 1. The van der Waals surface area contributed by atoms with Gasteiger partial charge in [-0.25, -0.2) is 0 Å². The monoisotopic (exact) mass is 310 g/mol. The van der Waals surface area contributed by atoms with Crippen molar-refractivity contribution in [2.24, 2.45) is 5.92 Å². The molecule has 0 radical (unpaired) electrons. The van der Waals surface area contributed by atoms with Gasteiger partial charge in [0, 0.05) is 35.8 Å². The molecule has 18 heavy (non-hydrogen) atoms. The largest absolute Gasteiger partial charge is 0.368 e. The third-order valence-electron chi connectivity index (χ3n) is 4.04. The predicted molar refractivity (Wildman–Crippen MR) is 82.3 cm³/mol. The van der Waals surface area contributed by atoms with Crippen LogP contribution in [-0.4, -0.2) is 25.7 Å². The smallest absolute Gasteiger partial charge is 0.0397 e. The van der Waals surface area contributed by atoms with Crippen LogP contribution in [0.5, 0.6) is 0 Å². The van der Waals surface area contributed by atoms with E-state index in [4.69, 9.17) is 0 Å². The minimum atomic E-state index is 0.617. The molecule has 2 unspecified atom stereocenters. The molecule has 0 amide bonds. The van der Waals surface area contributed by atoms with Crippen LogP contribution in [0.2, 0.25) is 0 Å². The average Bonchev–Trinajstić information content (AvgIpc) is 2.38. The molecule has 1 aromatic carbocycles. The lowest BCUT2D eigenvalue weighted by Crippen LogP contribution is -2.53. The first-order valence-corrected chi connectivity index (χ1v) is 7.65. The Kier molecular flexibility index (Phi) is 4.68. The van der Waals surface area contributed by atoms with Gasteiger partial charge < -0.3 is 10.2 Å². The first kappa shape index (κ1) is 13.9. The van der Waals surface area contributed by atoms with E-state index in [1.165, 1.54) is 17.7 Å². The molecule has 1 heterocycles.